The van der Waals surface area contributed by atoms with Crippen LogP contribution in [0.4, 0.5) is 16.2 Å². The number of H-pyrrole nitrogens is 1. The number of nitrogens with two attached hydrogens (primary N) is 2. The number of methoxy groups -OCH3 is 1. The van der Waals surface area contributed by atoms with Gasteiger partial charge in [0.05, 0.1) is 24.9 Å². The fourth-order valence-corrected chi connectivity index (χ4v) is 6.66. The van der Waals surface area contributed by atoms with E-state index in [0.717, 1.165) is 10.9 Å². The highest BCUT2D eigenvalue weighted by Crippen LogP contribution is 2.52. The molecule has 2 aliphatic rings. The van der Waals surface area contributed by atoms with Gasteiger partial charge in [0.1, 0.15) is 36.8 Å². The molecular formula is C22H28FN10O11P2+. The number of nitrogen functional groups attached to an aromatic ring is 2. The first-order chi connectivity index (χ1) is 21.8. The Balaban J connectivity index is 1.21. The predicted octanol–water partition coefficient (Wildman–Crippen LogP) is 0.221. The molecule has 2 saturated heterocycles. The van der Waals surface area contributed by atoms with Crippen LogP contribution in [0.1, 0.15) is 25.8 Å². The molecule has 2 unspecified atom stereocenters. The van der Waals surface area contributed by atoms with Crippen molar-refractivity contribution < 1.29 is 51.1 Å². The number of phosphoric ester groups is 1. The summed E-state index contributed by atoms with van der Waals surface area (Å²) in [6.07, 6.45) is -4.65. The summed E-state index contributed by atoms with van der Waals surface area (Å²) in [5, 5.41) is 0. The van der Waals surface area contributed by atoms with Gasteiger partial charge in [0.2, 0.25) is 5.95 Å². The van der Waals surface area contributed by atoms with E-state index >= 15 is 4.39 Å². The van der Waals surface area contributed by atoms with Gasteiger partial charge in [-0.25, -0.2) is 28.9 Å². The first kappa shape index (κ1) is 32.4. The maximum absolute atomic E-state index is 15.7. The normalized spacial score (nSPS) is 29.9. The van der Waals surface area contributed by atoms with Crippen LogP contribution in [-0.4, -0.2) is 99.2 Å². The van der Waals surface area contributed by atoms with E-state index in [0.29, 0.717) is 11.2 Å². The molecule has 9 atom stereocenters. The molecule has 24 heteroatoms. The molecular weight excluding hydrogens is 661 g/mol. The molecule has 6 rings (SSSR count). The third-order valence-corrected chi connectivity index (χ3v) is 8.78. The summed E-state index contributed by atoms with van der Waals surface area (Å²) < 4.78 is 75.4. The number of hydrogen-bond donors (Lipinski definition) is 5. The van der Waals surface area contributed by atoms with Crippen LogP contribution in [0.2, 0.25) is 0 Å². The van der Waals surface area contributed by atoms with Crippen molar-refractivity contribution in [1.82, 2.24) is 39.0 Å². The lowest BCUT2D eigenvalue weighted by Crippen LogP contribution is -2.33. The summed E-state index contributed by atoms with van der Waals surface area (Å²) in [6.45, 7) is 0.360. The fourth-order valence-electron chi connectivity index (χ4n) is 5.36. The molecule has 0 aliphatic carbocycles. The molecule has 0 bridgehead atoms. The topological polar surface area (TPSA) is 289 Å². The Hall–Kier alpha value is -3.56. The number of nitrogens with zero attached hydrogens (tertiary/aromatic N) is 7. The summed E-state index contributed by atoms with van der Waals surface area (Å²) in [6, 6.07) is 0. The number of aromatic amines is 1. The van der Waals surface area contributed by atoms with Crippen molar-refractivity contribution in [3.63, 3.8) is 0 Å². The number of anilines is 2. The van der Waals surface area contributed by atoms with Crippen molar-refractivity contribution in [2.45, 2.75) is 55.9 Å². The summed E-state index contributed by atoms with van der Waals surface area (Å²) in [7, 11) is -6.77. The van der Waals surface area contributed by atoms with Crippen molar-refractivity contribution in [2.75, 3.05) is 31.8 Å². The van der Waals surface area contributed by atoms with Gasteiger partial charge in [-0.2, -0.15) is 4.98 Å². The minimum atomic E-state index is -5.10. The first-order valence-electron chi connectivity index (χ1n) is 13.4. The zero-order valence-electron chi connectivity index (χ0n) is 23.9. The van der Waals surface area contributed by atoms with Gasteiger partial charge in [0.25, 0.3) is 5.56 Å². The van der Waals surface area contributed by atoms with Gasteiger partial charge in [-0.05, 0) is 6.92 Å². The number of ether oxygens (including phenoxy) is 3. The van der Waals surface area contributed by atoms with Crippen molar-refractivity contribution in [3.05, 3.63) is 29.3 Å². The average molecular weight is 689 g/mol. The Morgan fingerprint density at radius 3 is 2.63 bits per heavy atom. The van der Waals surface area contributed by atoms with Crippen molar-refractivity contribution in [2.24, 2.45) is 0 Å². The van der Waals surface area contributed by atoms with Gasteiger partial charge in [-0.1, -0.05) is 0 Å². The average Bonchev–Trinajstić information content (AvgIpc) is 3.76. The van der Waals surface area contributed by atoms with E-state index in [2.05, 4.69) is 34.4 Å². The fraction of sp³-hybridized carbons (Fsp3) is 0.545. The highest BCUT2D eigenvalue weighted by molar-refractivity contribution is 7.47. The monoisotopic (exact) mass is 689 g/mol. The summed E-state index contributed by atoms with van der Waals surface area (Å²) in [5.74, 6) is -0.133. The van der Waals surface area contributed by atoms with Gasteiger partial charge in [-0.3, -0.25) is 28.0 Å². The molecule has 0 saturated carbocycles. The summed E-state index contributed by atoms with van der Waals surface area (Å²) >= 11 is 0. The van der Waals surface area contributed by atoms with Crippen LogP contribution in [0.3, 0.4) is 0 Å². The number of nitrogens with one attached hydrogen (secondary N) is 1. The molecule has 0 amide bonds. The first-order valence-corrected chi connectivity index (χ1v) is 16.0. The van der Waals surface area contributed by atoms with E-state index in [9.17, 15) is 18.8 Å². The molecule has 4 aromatic heterocycles. The summed E-state index contributed by atoms with van der Waals surface area (Å²) in [4.78, 5) is 54.6. The number of rotatable bonds is 11. The van der Waals surface area contributed by atoms with Crippen LogP contribution >= 0.6 is 16.1 Å². The minimum absolute atomic E-state index is 0.155. The smallest absolute Gasteiger partial charge is 0.382 e. The van der Waals surface area contributed by atoms with E-state index in [4.69, 9.17) is 39.6 Å². The number of alkyl halides is 1. The quantitative estimate of drug-likeness (QED) is 0.132. The van der Waals surface area contributed by atoms with E-state index < -0.39 is 77.4 Å². The van der Waals surface area contributed by atoms with Crippen LogP contribution in [0, 0.1) is 0 Å². The Kier molecular flexibility index (Phi) is 8.61. The van der Waals surface area contributed by atoms with Crippen LogP contribution in [0.15, 0.2) is 23.8 Å². The molecule has 0 aromatic carbocycles. The van der Waals surface area contributed by atoms with Crippen LogP contribution in [0.25, 0.3) is 22.3 Å². The van der Waals surface area contributed by atoms with Gasteiger partial charge in [-0.15, -0.1) is 9.42 Å². The van der Waals surface area contributed by atoms with Crippen LogP contribution in [0.5, 0.6) is 0 Å². The lowest BCUT2D eigenvalue weighted by atomic mass is 10.0. The lowest BCUT2D eigenvalue weighted by Gasteiger charge is -2.27. The maximum atomic E-state index is 15.7. The molecule has 46 heavy (non-hydrogen) atoms. The lowest BCUT2D eigenvalue weighted by molar-refractivity contribution is -0.103. The third-order valence-electron chi connectivity index (χ3n) is 7.45. The molecule has 0 radical (unpaired) electrons. The van der Waals surface area contributed by atoms with E-state index in [1.54, 1.807) is 11.5 Å². The van der Waals surface area contributed by atoms with Crippen LogP contribution < -0.4 is 17.0 Å². The van der Waals surface area contributed by atoms with E-state index in [1.165, 1.54) is 19.8 Å². The number of fused-ring (bicyclic) bond motifs is 2. The highest BCUT2D eigenvalue weighted by Gasteiger charge is 2.53. The molecule has 7 N–H and O–H groups in total. The Bertz CT molecular complexity index is 1890. The minimum Gasteiger partial charge on any atom is -0.382 e. The SMILES string of the molecule is CO[C@@H]1C[C@](C)(COP(=O)(O)O[C@@H]2[C@H](F)[C@@H](CO[P+](=O)O)O[C@H]2n2cnc3c(=O)[nH]c(N)nc32)O[C@H]1n1cnc2c(N)ncnc21. The van der Waals surface area contributed by atoms with Crippen LogP contribution in [-0.2, 0) is 36.9 Å². The third kappa shape index (κ3) is 6.11. The largest absolute Gasteiger partial charge is 0.694 e. The van der Waals surface area contributed by atoms with Gasteiger partial charge < -0.3 is 30.6 Å². The maximum Gasteiger partial charge on any atom is 0.694 e. The second kappa shape index (κ2) is 12.2. The number of aromatic nitrogens is 8. The number of phosphoric acid groups is 1. The molecule has 6 heterocycles. The standard InChI is InChI=1S/C22H27FN10O11P2/c1-22(3-9(39-2)19(43-22)32-7-28-12-15(24)26-6-27-16(12)32)5-41-46(37,38)44-14-11(23)10(4-40-45(35)36)42-20(14)33-8-29-13-17(33)30-21(25)31-18(13)34/h6-11,14,19-20H,3-5H2,1-2H3,(H6-,24,25,26,27,30,31,34,35,36,37,38)/p+1/t9-,10-,11-,14-,19-,20-,22-/m1/s1. The number of hydrogen-bond acceptors (Lipinski definition) is 16. The molecule has 0 spiro atoms. The van der Waals surface area contributed by atoms with Crippen molar-refractivity contribution in [3.8, 4) is 0 Å². The predicted molar refractivity (Wildman–Crippen MR) is 151 cm³/mol. The zero-order valence-corrected chi connectivity index (χ0v) is 25.7. The molecule has 2 aliphatic heterocycles. The molecule has 2 fully saturated rings. The zero-order chi connectivity index (χ0) is 33.0. The molecule has 248 valence electrons. The second-order valence-electron chi connectivity index (χ2n) is 10.6. The second-order valence-corrected chi connectivity index (χ2v) is 12.8. The number of imidazole rings is 2. The molecule has 4 aromatic rings. The van der Waals surface area contributed by atoms with E-state index in [-0.39, 0.29) is 29.4 Å². The number of halogens is 1. The van der Waals surface area contributed by atoms with Gasteiger partial charge in [0, 0.05) is 18.1 Å². The van der Waals surface area contributed by atoms with Crippen molar-refractivity contribution in [1.29, 1.82) is 0 Å². The Morgan fingerprint density at radius 2 is 1.91 bits per heavy atom. The van der Waals surface area contributed by atoms with Gasteiger partial charge >= 0.3 is 16.1 Å². The van der Waals surface area contributed by atoms with E-state index in [1.807, 2.05) is 0 Å². The summed E-state index contributed by atoms with van der Waals surface area (Å²) in [5.41, 5.74) is 9.98. The van der Waals surface area contributed by atoms with Crippen molar-refractivity contribution >= 4 is 50.2 Å². The van der Waals surface area contributed by atoms with Gasteiger partial charge in [0.15, 0.2) is 41.3 Å². The molecule has 21 nitrogen and oxygen atoms in total. The Morgan fingerprint density at radius 1 is 1.20 bits per heavy atom. The highest BCUT2D eigenvalue weighted by atomic mass is 31.2. The Labute approximate surface area is 257 Å².